The standard InChI is InChI=1S/C28H35F2N3OS/c29-21-7-10-23(11-8-21)33-16-14-32(15-17-33)13-3-6-27(34)31-28-24-5-2-1-4-20(24)19-35-26-12-9-22(30)18-25(26)28/h7-12,18,20,24,28H,1-6,13-17,19H2,(H,31,34)/t20-,24+,28+/m0/s1. The summed E-state index contributed by atoms with van der Waals surface area (Å²) in [5.74, 6) is 1.67. The molecule has 35 heavy (non-hydrogen) atoms. The van der Waals surface area contributed by atoms with Crippen LogP contribution in [-0.4, -0.2) is 49.3 Å². The summed E-state index contributed by atoms with van der Waals surface area (Å²) in [5.41, 5.74) is 2.03. The number of carbonyl (C=O) groups excluding carboxylic acids is 1. The van der Waals surface area contributed by atoms with Gasteiger partial charge in [-0.15, -0.1) is 11.8 Å². The van der Waals surface area contributed by atoms with Gasteiger partial charge in [-0.25, -0.2) is 8.78 Å². The minimum Gasteiger partial charge on any atom is -0.369 e. The van der Waals surface area contributed by atoms with Gasteiger partial charge in [0.1, 0.15) is 11.6 Å². The molecule has 2 aromatic carbocycles. The molecule has 1 aliphatic carbocycles. The van der Waals surface area contributed by atoms with Gasteiger partial charge >= 0.3 is 0 Å². The lowest BCUT2D eigenvalue weighted by atomic mass is 9.74. The zero-order valence-electron chi connectivity index (χ0n) is 20.2. The molecule has 5 rings (SSSR count). The molecule has 1 N–H and O–H groups in total. The SMILES string of the molecule is O=C(CCCN1CCN(c2ccc(F)cc2)CC1)N[C@H]1c2cc(F)ccc2SC[C@@H]2CCCC[C@H]21. The average molecular weight is 500 g/mol. The molecule has 7 heteroatoms. The Hall–Kier alpha value is -2.12. The number of hydrogen-bond acceptors (Lipinski definition) is 4. The van der Waals surface area contributed by atoms with Gasteiger partial charge in [0.25, 0.3) is 0 Å². The molecule has 2 fully saturated rings. The number of piperazine rings is 1. The second kappa shape index (κ2) is 11.3. The van der Waals surface area contributed by atoms with Crippen molar-refractivity contribution in [2.45, 2.75) is 49.5 Å². The van der Waals surface area contributed by atoms with Crippen molar-refractivity contribution in [1.82, 2.24) is 10.2 Å². The zero-order valence-corrected chi connectivity index (χ0v) is 21.0. The smallest absolute Gasteiger partial charge is 0.220 e. The van der Waals surface area contributed by atoms with E-state index in [-0.39, 0.29) is 23.6 Å². The first-order chi connectivity index (χ1) is 17.1. The molecular formula is C28H35F2N3OS. The maximum atomic E-state index is 14.2. The van der Waals surface area contributed by atoms with Crippen LogP contribution >= 0.6 is 11.8 Å². The molecule has 2 heterocycles. The third kappa shape index (κ3) is 6.00. The van der Waals surface area contributed by atoms with E-state index in [0.29, 0.717) is 18.3 Å². The molecule has 2 aliphatic heterocycles. The molecular weight excluding hydrogens is 464 g/mol. The van der Waals surface area contributed by atoms with Crippen LogP contribution in [0, 0.1) is 23.5 Å². The van der Waals surface area contributed by atoms with Gasteiger partial charge in [-0.05, 0) is 85.7 Å². The highest BCUT2D eigenvalue weighted by molar-refractivity contribution is 7.99. The predicted molar refractivity (Wildman–Crippen MR) is 138 cm³/mol. The second-order valence-corrected chi connectivity index (χ2v) is 11.2. The summed E-state index contributed by atoms with van der Waals surface area (Å²) in [6.07, 6.45) is 6.04. The van der Waals surface area contributed by atoms with Crippen molar-refractivity contribution in [3.05, 3.63) is 59.7 Å². The fourth-order valence-corrected chi connectivity index (χ4v) is 7.30. The van der Waals surface area contributed by atoms with Crippen molar-refractivity contribution in [2.75, 3.05) is 43.4 Å². The number of benzene rings is 2. The van der Waals surface area contributed by atoms with Crippen molar-refractivity contribution in [3.63, 3.8) is 0 Å². The summed E-state index contributed by atoms with van der Waals surface area (Å²) >= 11 is 1.82. The first-order valence-corrected chi connectivity index (χ1v) is 14.0. The summed E-state index contributed by atoms with van der Waals surface area (Å²) in [6, 6.07) is 11.7. The van der Waals surface area contributed by atoms with Gasteiger partial charge in [0.05, 0.1) is 6.04 Å². The Morgan fingerprint density at radius 2 is 1.71 bits per heavy atom. The molecule has 3 atom stereocenters. The summed E-state index contributed by atoms with van der Waals surface area (Å²) in [5, 5.41) is 3.34. The van der Waals surface area contributed by atoms with E-state index in [2.05, 4.69) is 15.1 Å². The van der Waals surface area contributed by atoms with Crippen LogP contribution in [0.1, 0.15) is 50.1 Å². The van der Waals surface area contributed by atoms with E-state index in [9.17, 15) is 13.6 Å². The molecule has 4 nitrogen and oxygen atoms in total. The van der Waals surface area contributed by atoms with E-state index in [4.69, 9.17) is 0 Å². The number of anilines is 1. The first-order valence-electron chi connectivity index (χ1n) is 13.0. The van der Waals surface area contributed by atoms with Gasteiger partial charge in [-0.1, -0.05) is 12.8 Å². The highest BCUT2D eigenvalue weighted by Gasteiger charge is 2.37. The van der Waals surface area contributed by atoms with Gasteiger partial charge in [-0.2, -0.15) is 0 Å². The summed E-state index contributed by atoms with van der Waals surface area (Å²) < 4.78 is 27.4. The highest BCUT2D eigenvalue weighted by atomic mass is 32.2. The lowest BCUT2D eigenvalue weighted by Gasteiger charge is -2.36. The third-order valence-corrected chi connectivity index (χ3v) is 9.19. The van der Waals surface area contributed by atoms with Gasteiger partial charge < -0.3 is 10.2 Å². The molecule has 188 valence electrons. The van der Waals surface area contributed by atoms with E-state index in [1.807, 2.05) is 30.0 Å². The molecule has 0 radical (unpaired) electrons. The van der Waals surface area contributed by atoms with E-state index in [0.717, 1.165) is 67.5 Å². The van der Waals surface area contributed by atoms with Gasteiger partial charge in [0, 0.05) is 48.9 Å². The van der Waals surface area contributed by atoms with Crippen LogP contribution in [0.2, 0.25) is 0 Å². The molecule has 1 saturated heterocycles. The monoisotopic (exact) mass is 499 g/mol. The Morgan fingerprint density at radius 1 is 0.971 bits per heavy atom. The van der Waals surface area contributed by atoms with Crippen LogP contribution in [0.25, 0.3) is 0 Å². The summed E-state index contributed by atoms with van der Waals surface area (Å²) in [4.78, 5) is 18.8. The Kier molecular flexibility index (Phi) is 7.93. The Balaban J connectivity index is 1.13. The minimum absolute atomic E-state index is 0.0754. The van der Waals surface area contributed by atoms with E-state index >= 15 is 0 Å². The lowest BCUT2D eigenvalue weighted by molar-refractivity contribution is -0.122. The molecule has 0 unspecified atom stereocenters. The molecule has 1 amide bonds. The van der Waals surface area contributed by atoms with Crippen LogP contribution in [0.3, 0.4) is 0 Å². The van der Waals surface area contributed by atoms with Crippen LogP contribution in [0.15, 0.2) is 47.4 Å². The van der Waals surface area contributed by atoms with E-state index in [1.165, 1.54) is 37.5 Å². The number of nitrogens with zero attached hydrogens (tertiary/aromatic N) is 2. The van der Waals surface area contributed by atoms with E-state index < -0.39 is 0 Å². The fourth-order valence-electron chi connectivity index (χ4n) is 5.98. The Bertz CT molecular complexity index is 1010. The van der Waals surface area contributed by atoms with Crippen LogP contribution in [0.4, 0.5) is 14.5 Å². The Morgan fingerprint density at radius 3 is 2.51 bits per heavy atom. The van der Waals surface area contributed by atoms with Crippen molar-refractivity contribution in [3.8, 4) is 0 Å². The summed E-state index contributed by atoms with van der Waals surface area (Å²) in [7, 11) is 0. The van der Waals surface area contributed by atoms with Crippen molar-refractivity contribution in [2.24, 2.45) is 11.8 Å². The fraction of sp³-hybridized carbons (Fsp3) is 0.536. The number of thioether (sulfide) groups is 1. The zero-order chi connectivity index (χ0) is 24.2. The van der Waals surface area contributed by atoms with Crippen LogP contribution in [0.5, 0.6) is 0 Å². The number of hydrogen-bond donors (Lipinski definition) is 1. The number of carbonyl (C=O) groups is 1. The molecule has 0 bridgehead atoms. The van der Waals surface area contributed by atoms with Gasteiger partial charge in [0.2, 0.25) is 5.91 Å². The third-order valence-electron chi connectivity index (χ3n) is 7.91. The molecule has 0 aromatic heterocycles. The molecule has 2 aromatic rings. The van der Waals surface area contributed by atoms with E-state index in [1.54, 1.807) is 6.07 Å². The minimum atomic E-state index is -0.224. The van der Waals surface area contributed by atoms with Gasteiger partial charge in [0.15, 0.2) is 0 Å². The van der Waals surface area contributed by atoms with Crippen molar-refractivity contribution in [1.29, 1.82) is 0 Å². The molecule has 3 aliphatic rings. The van der Waals surface area contributed by atoms with Crippen molar-refractivity contribution < 1.29 is 13.6 Å². The van der Waals surface area contributed by atoms with Crippen LogP contribution in [-0.2, 0) is 4.79 Å². The van der Waals surface area contributed by atoms with Gasteiger partial charge in [-0.3, -0.25) is 9.69 Å². The summed E-state index contributed by atoms with van der Waals surface area (Å²) in [6.45, 7) is 4.58. The van der Waals surface area contributed by atoms with Crippen LogP contribution < -0.4 is 10.2 Å². The maximum Gasteiger partial charge on any atom is 0.220 e. The highest BCUT2D eigenvalue weighted by Crippen LogP contribution is 2.46. The number of nitrogens with one attached hydrogen (secondary N) is 1. The lowest BCUT2D eigenvalue weighted by Crippen LogP contribution is -2.46. The number of fused-ring (bicyclic) bond motifs is 2. The number of amides is 1. The normalized spacial score (nSPS) is 24.9. The largest absolute Gasteiger partial charge is 0.369 e. The molecule has 1 saturated carbocycles. The topological polar surface area (TPSA) is 35.6 Å². The second-order valence-electron chi connectivity index (χ2n) is 10.2. The first kappa shape index (κ1) is 24.6. The Labute approximate surface area is 211 Å². The predicted octanol–water partition coefficient (Wildman–Crippen LogP) is 5.64. The molecule has 0 spiro atoms. The quantitative estimate of drug-likeness (QED) is 0.558. The number of halogens is 2. The average Bonchev–Trinajstić information content (AvgIpc) is 3.02. The maximum absolute atomic E-state index is 14.2. The van der Waals surface area contributed by atoms with Crippen molar-refractivity contribution >= 4 is 23.4 Å². The number of rotatable bonds is 6.